The van der Waals surface area contributed by atoms with Gasteiger partial charge in [0.1, 0.15) is 0 Å². The Kier molecular flexibility index (Phi) is 6.44. The number of aliphatic carboxylic acids is 1. The molecule has 2 heteroatoms. The van der Waals surface area contributed by atoms with Crippen molar-refractivity contribution >= 4 is 5.97 Å². The van der Waals surface area contributed by atoms with Crippen molar-refractivity contribution in [2.45, 2.75) is 39.5 Å². The summed E-state index contributed by atoms with van der Waals surface area (Å²) in [4.78, 5) is 10.4. The van der Waals surface area contributed by atoms with Gasteiger partial charge < -0.3 is 5.11 Å². The molecule has 0 aliphatic rings. The van der Waals surface area contributed by atoms with E-state index in [2.05, 4.69) is 19.1 Å². The molecule has 0 fully saturated rings. The van der Waals surface area contributed by atoms with Gasteiger partial charge in [-0.1, -0.05) is 26.0 Å². The molecule has 0 radical (unpaired) electrons. The average Bonchev–Trinajstić information content (AvgIpc) is 2.03. The lowest BCUT2D eigenvalue weighted by atomic mass is 10.0. The summed E-state index contributed by atoms with van der Waals surface area (Å²) in [5, 5.41) is 8.57. The van der Waals surface area contributed by atoms with Crippen LogP contribution in [0.1, 0.15) is 39.5 Å². The normalized spacial score (nSPS) is 13.5. The third-order valence-corrected chi connectivity index (χ3v) is 1.83. The molecule has 0 rings (SSSR count). The molecule has 0 spiro atoms. The van der Waals surface area contributed by atoms with Crippen molar-refractivity contribution in [3.63, 3.8) is 0 Å². The molecule has 2 nitrogen and oxygen atoms in total. The molecule has 0 bridgehead atoms. The van der Waals surface area contributed by atoms with E-state index in [-0.39, 0.29) is 5.92 Å². The lowest BCUT2D eigenvalue weighted by molar-refractivity contribution is -0.141. The Hall–Kier alpha value is -0.790. The maximum absolute atomic E-state index is 10.4. The van der Waals surface area contributed by atoms with Gasteiger partial charge in [0.05, 0.1) is 5.92 Å². The van der Waals surface area contributed by atoms with Crippen LogP contribution >= 0.6 is 0 Å². The third-order valence-electron chi connectivity index (χ3n) is 1.83. The lowest BCUT2D eigenvalue weighted by Crippen LogP contribution is -2.08. The number of hydrogen-bond acceptors (Lipinski definition) is 1. The molecular formula is C10H18O2. The number of carboxylic acid groups (broad SMARTS) is 1. The highest BCUT2D eigenvalue weighted by molar-refractivity contribution is 5.69. The number of unbranched alkanes of at least 4 members (excludes halogenated alkanes) is 1. The highest BCUT2D eigenvalue weighted by Crippen LogP contribution is 2.08. The molecule has 1 N–H and O–H groups in total. The SMILES string of the molecule is CC/C=C\CCCC(C)C(=O)O. The van der Waals surface area contributed by atoms with Crippen LogP contribution in [0.2, 0.25) is 0 Å². The second-order valence-corrected chi connectivity index (χ2v) is 3.05. The van der Waals surface area contributed by atoms with Gasteiger partial charge in [-0.25, -0.2) is 0 Å². The fourth-order valence-corrected chi connectivity index (χ4v) is 0.950. The molecule has 0 aromatic heterocycles. The number of rotatable bonds is 6. The minimum Gasteiger partial charge on any atom is -0.481 e. The van der Waals surface area contributed by atoms with Gasteiger partial charge in [0.15, 0.2) is 0 Å². The molecule has 0 saturated heterocycles. The van der Waals surface area contributed by atoms with E-state index in [0.29, 0.717) is 0 Å². The van der Waals surface area contributed by atoms with Crippen molar-refractivity contribution in [3.8, 4) is 0 Å². The minimum absolute atomic E-state index is 0.194. The second-order valence-electron chi connectivity index (χ2n) is 3.05. The van der Waals surface area contributed by atoms with Gasteiger partial charge in [-0.05, 0) is 25.7 Å². The summed E-state index contributed by atoms with van der Waals surface area (Å²) in [6.07, 6.45) is 8.06. The lowest BCUT2D eigenvalue weighted by Gasteiger charge is -2.02. The summed E-state index contributed by atoms with van der Waals surface area (Å²) in [5.74, 6) is -0.880. The van der Waals surface area contributed by atoms with Crippen molar-refractivity contribution in [2.75, 3.05) is 0 Å². The summed E-state index contributed by atoms with van der Waals surface area (Å²) in [6.45, 7) is 3.85. The summed E-state index contributed by atoms with van der Waals surface area (Å²) in [5.41, 5.74) is 0. The monoisotopic (exact) mass is 170 g/mol. The number of allylic oxidation sites excluding steroid dienone is 2. The highest BCUT2D eigenvalue weighted by atomic mass is 16.4. The Bertz CT molecular complexity index is 150. The van der Waals surface area contributed by atoms with Crippen LogP contribution in [-0.2, 0) is 4.79 Å². The third kappa shape index (κ3) is 5.96. The molecular weight excluding hydrogens is 152 g/mol. The standard InChI is InChI=1S/C10H18O2/c1-3-4-5-6-7-8-9(2)10(11)12/h4-5,9H,3,6-8H2,1-2H3,(H,11,12)/b5-4-. The van der Waals surface area contributed by atoms with Crippen LogP contribution < -0.4 is 0 Å². The molecule has 0 aromatic carbocycles. The van der Waals surface area contributed by atoms with Gasteiger partial charge in [-0.15, -0.1) is 0 Å². The van der Waals surface area contributed by atoms with E-state index in [1.54, 1.807) is 6.92 Å². The predicted octanol–water partition coefficient (Wildman–Crippen LogP) is 2.84. The largest absolute Gasteiger partial charge is 0.481 e. The number of carboxylic acids is 1. The van der Waals surface area contributed by atoms with Gasteiger partial charge in [0.25, 0.3) is 0 Å². The van der Waals surface area contributed by atoms with Crippen LogP contribution in [-0.4, -0.2) is 11.1 Å². The van der Waals surface area contributed by atoms with Crippen molar-refractivity contribution in [3.05, 3.63) is 12.2 Å². The summed E-state index contributed by atoms with van der Waals surface area (Å²) in [6, 6.07) is 0. The van der Waals surface area contributed by atoms with Crippen LogP contribution in [0.3, 0.4) is 0 Å². The zero-order chi connectivity index (χ0) is 9.40. The quantitative estimate of drug-likeness (QED) is 0.491. The first kappa shape index (κ1) is 11.2. The Balaban J connectivity index is 3.31. The van der Waals surface area contributed by atoms with Gasteiger partial charge in [-0.2, -0.15) is 0 Å². The summed E-state index contributed by atoms with van der Waals surface area (Å²) >= 11 is 0. The molecule has 0 aliphatic heterocycles. The smallest absolute Gasteiger partial charge is 0.306 e. The van der Waals surface area contributed by atoms with Gasteiger partial charge in [0, 0.05) is 0 Å². The first-order valence-electron chi connectivity index (χ1n) is 4.56. The van der Waals surface area contributed by atoms with E-state index >= 15 is 0 Å². The van der Waals surface area contributed by atoms with Crippen molar-refractivity contribution in [1.82, 2.24) is 0 Å². The topological polar surface area (TPSA) is 37.3 Å². The highest BCUT2D eigenvalue weighted by Gasteiger charge is 2.08. The van der Waals surface area contributed by atoms with Crippen LogP contribution in [0.5, 0.6) is 0 Å². The fraction of sp³-hybridized carbons (Fsp3) is 0.700. The second kappa shape index (κ2) is 6.89. The zero-order valence-electron chi connectivity index (χ0n) is 7.92. The van der Waals surface area contributed by atoms with E-state index < -0.39 is 5.97 Å². The number of hydrogen-bond donors (Lipinski definition) is 1. The Labute approximate surface area is 74.3 Å². The van der Waals surface area contributed by atoms with Crippen LogP contribution in [0.15, 0.2) is 12.2 Å². The first-order chi connectivity index (χ1) is 5.68. The fourth-order valence-electron chi connectivity index (χ4n) is 0.950. The van der Waals surface area contributed by atoms with E-state index in [4.69, 9.17) is 5.11 Å². The first-order valence-corrected chi connectivity index (χ1v) is 4.56. The summed E-state index contributed by atoms with van der Waals surface area (Å²) in [7, 11) is 0. The van der Waals surface area contributed by atoms with Gasteiger partial charge >= 0.3 is 5.97 Å². The maximum atomic E-state index is 10.4. The van der Waals surface area contributed by atoms with Crippen molar-refractivity contribution < 1.29 is 9.90 Å². The van der Waals surface area contributed by atoms with Crippen LogP contribution in [0, 0.1) is 5.92 Å². The van der Waals surface area contributed by atoms with Crippen LogP contribution in [0.4, 0.5) is 0 Å². The molecule has 0 amide bonds. The molecule has 1 unspecified atom stereocenters. The van der Waals surface area contributed by atoms with Crippen LogP contribution in [0.25, 0.3) is 0 Å². The average molecular weight is 170 g/mol. The van der Waals surface area contributed by atoms with Gasteiger partial charge in [0.2, 0.25) is 0 Å². The molecule has 0 aromatic rings. The van der Waals surface area contributed by atoms with Gasteiger partial charge in [-0.3, -0.25) is 4.79 Å². The minimum atomic E-state index is -0.686. The van der Waals surface area contributed by atoms with Crippen molar-refractivity contribution in [2.24, 2.45) is 5.92 Å². The molecule has 12 heavy (non-hydrogen) atoms. The Morgan fingerprint density at radius 2 is 2.17 bits per heavy atom. The Morgan fingerprint density at radius 3 is 2.67 bits per heavy atom. The van der Waals surface area contributed by atoms with Crippen molar-refractivity contribution in [1.29, 1.82) is 0 Å². The zero-order valence-corrected chi connectivity index (χ0v) is 7.92. The van der Waals surface area contributed by atoms with E-state index in [1.807, 2.05) is 0 Å². The molecule has 0 saturated carbocycles. The van der Waals surface area contributed by atoms with E-state index in [1.165, 1.54) is 0 Å². The molecule has 70 valence electrons. The maximum Gasteiger partial charge on any atom is 0.306 e. The van der Waals surface area contributed by atoms with E-state index in [9.17, 15) is 4.79 Å². The number of carbonyl (C=O) groups is 1. The summed E-state index contributed by atoms with van der Waals surface area (Å²) < 4.78 is 0. The molecule has 0 aliphatic carbocycles. The molecule has 0 heterocycles. The molecule has 1 atom stereocenters. The predicted molar refractivity (Wildman–Crippen MR) is 50.1 cm³/mol. The Morgan fingerprint density at radius 1 is 1.50 bits per heavy atom. The van der Waals surface area contributed by atoms with E-state index in [0.717, 1.165) is 25.7 Å².